The standard InChI is InChI=1S/C10H8BrF2N3S/c11-6-1-2-7(12)5(10(6)13)3-8(14)9-4-15-17-16-9/h1-2,4,8H,3,14H2. The summed E-state index contributed by atoms with van der Waals surface area (Å²) in [5.41, 5.74) is 6.31. The highest BCUT2D eigenvalue weighted by molar-refractivity contribution is 9.10. The van der Waals surface area contributed by atoms with Crippen molar-refractivity contribution in [2.24, 2.45) is 5.73 Å². The molecular weight excluding hydrogens is 312 g/mol. The lowest BCUT2D eigenvalue weighted by atomic mass is 10.0. The lowest BCUT2D eigenvalue weighted by molar-refractivity contribution is 0.534. The predicted octanol–water partition coefficient (Wildman–Crippen LogP) is 2.82. The molecule has 0 spiro atoms. The molecule has 0 saturated heterocycles. The van der Waals surface area contributed by atoms with Gasteiger partial charge in [0.25, 0.3) is 0 Å². The Morgan fingerprint density at radius 2 is 2.18 bits per heavy atom. The zero-order chi connectivity index (χ0) is 12.4. The van der Waals surface area contributed by atoms with E-state index >= 15 is 0 Å². The van der Waals surface area contributed by atoms with Crippen molar-refractivity contribution in [3.05, 3.63) is 45.7 Å². The first-order chi connectivity index (χ1) is 8.09. The first-order valence-corrected chi connectivity index (χ1v) is 6.27. The highest BCUT2D eigenvalue weighted by Crippen LogP contribution is 2.25. The predicted molar refractivity (Wildman–Crippen MR) is 64.6 cm³/mol. The van der Waals surface area contributed by atoms with Gasteiger partial charge < -0.3 is 5.73 Å². The van der Waals surface area contributed by atoms with Gasteiger partial charge in [0.2, 0.25) is 0 Å². The number of aromatic nitrogens is 2. The quantitative estimate of drug-likeness (QED) is 0.885. The van der Waals surface area contributed by atoms with Gasteiger partial charge in [0.15, 0.2) is 0 Å². The van der Waals surface area contributed by atoms with Crippen molar-refractivity contribution in [3.63, 3.8) is 0 Å². The van der Waals surface area contributed by atoms with E-state index in [0.29, 0.717) is 5.69 Å². The Balaban J connectivity index is 2.27. The Morgan fingerprint density at radius 3 is 2.82 bits per heavy atom. The van der Waals surface area contributed by atoms with Gasteiger partial charge in [-0.25, -0.2) is 8.78 Å². The molecule has 17 heavy (non-hydrogen) atoms. The summed E-state index contributed by atoms with van der Waals surface area (Å²) in [6.07, 6.45) is 1.55. The second kappa shape index (κ2) is 5.16. The van der Waals surface area contributed by atoms with E-state index in [1.54, 1.807) is 0 Å². The minimum atomic E-state index is -0.622. The molecule has 0 aliphatic rings. The Labute approximate surface area is 109 Å². The number of rotatable bonds is 3. The van der Waals surface area contributed by atoms with Crippen LogP contribution in [-0.2, 0) is 6.42 Å². The summed E-state index contributed by atoms with van der Waals surface area (Å²) < 4.78 is 35.1. The second-order valence-electron chi connectivity index (χ2n) is 3.46. The van der Waals surface area contributed by atoms with Gasteiger partial charge in [-0.1, -0.05) is 0 Å². The number of nitrogens with two attached hydrogens (primary N) is 1. The summed E-state index contributed by atoms with van der Waals surface area (Å²) in [5.74, 6) is -1.23. The van der Waals surface area contributed by atoms with E-state index in [1.807, 2.05) is 0 Å². The number of hydrogen-bond donors (Lipinski definition) is 1. The van der Waals surface area contributed by atoms with Crippen LogP contribution < -0.4 is 5.73 Å². The van der Waals surface area contributed by atoms with Crippen LogP contribution in [0.4, 0.5) is 8.78 Å². The van der Waals surface area contributed by atoms with Crippen LogP contribution in [0.5, 0.6) is 0 Å². The Kier molecular flexibility index (Phi) is 3.80. The lowest BCUT2D eigenvalue weighted by Crippen LogP contribution is -2.15. The van der Waals surface area contributed by atoms with E-state index in [-0.39, 0.29) is 16.5 Å². The summed E-state index contributed by atoms with van der Waals surface area (Å²) in [6, 6.07) is 1.96. The number of benzene rings is 1. The van der Waals surface area contributed by atoms with Gasteiger partial charge in [0, 0.05) is 5.56 Å². The van der Waals surface area contributed by atoms with Gasteiger partial charge in [-0.15, -0.1) is 0 Å². The van der Waals surface area contributed by atoms with E-state index in [1.165, 1.54) is 18.3 Å². The van der Waals surface area contributed by atoms with Crippen molar-refractivity contribution in [1.29, 1.82) is 0 Å². The van der Waals surface area contributed by atoms with Crippen molar-refractivity contribution in [1.82, 2.24) is 8.75 Å². The van der Waals surface area contributed by atoms with Gasteiger partial charge >= 0.3 is 0 Å². The third kappa shape index (κ3) is 2.67. The summed E-state index contributed by atoms with van der Waals surface area (Å²) in [5, 5.41) is 0. The van der Waals surface area contributed by atoms with Crippen LogP contribution in [0.15, 0.2) is 22.8 Å². The zero-order valence-corrected chi connectivity index (χ0v) is 10.9. The molecule has 1 atom stereocenters. The minimum Gasteiger partial charge on any atom is -0.322 e. The smallest absolute Gasteiger partial charge is 0.143 e. The number of nitrogens with zero attached hydrogens (tertiary/aromatic N) is 2. The molecule has 0 radical (unpaired) electrons. The highest BCUT2D eigenvalue weighted by Gasteiger charge is 2.17. The Bertz CT molecular complexity index is 519. The van der Waals surface area contributed by atoms with Crippen molar-refractivity contribution in [2.75, 3.05) is 0 Å². The maximum absolute atomic E-state index is 13.7. The summed E-state index contributed by atoms with van der Waals surface area (Å²) in [7, 11) is 0. The molecule has 0 bridgehead atoms. The number of hydrogen-bond acceptors (Lipinski definition) is 4. The Morgan fingerprint density at radius 1 is 1.41 bits per heavy atom. The van der Waals surface area contributed by atoms with Crippen molar-refractivity contribution >= 4 is 27.7 Å². The molecule has 1 aromatic heterocycles. The van der Waals surface area contributed by atoms with Crippen LogP contribution in [0.1, 0.15) is 17.3 Å². The SMILES string of the molecule is NC(Cc1c(F)ccc(Br)c1F)c1cnsn1. The van der Waals surface area contributed by atoms with Gasteiger partial charge in [-0.2, -0.15) is 8.75 Å². The molecule has 1 unspecified atom stereocenters. The lowest BCUT2D eigenvalue weighted by Gasteiger charge is -2.11. The van der Waals surface area contributed by atoms with E-state index in [2.05, 4.69) is 24.7 Å². The van der Waals surface area contributed by atoms with E-state index in [4.69, 9.17) is 5.73 Å². The molecule has 3 nitrogen and oxygen atoms in total. The molecule has 0 aliphatic heterocycles. The monoisotopic (exact) mass is 319 g/mol. The summed E-state index contributed by atoms with van der Waals surface area (Å²) in [6.45, 7) is 0. The minimum absolute atomic E-state index is 0.0418. The topological polar surface area (TPSA) is 51.8 Å². The molecule has 90 valence electrons. The van der Waals surface area contributed by atoms with E-state index in [9.17, 15) is 8.78 Å². The molecule has 7 heteroatoms. The van der Waals surface area contributed by atoms with Gasteiger partial charge in [0.1, 0.15) is 11.6 Å². The molecule has 0 saturated carbocycles. The van der Waals surface area contributed by atoms with Gasteiger partial charge in [-0.05, 0) is 34.5 Å². The fourth-order valence-electron chi connectivity index (χ4n) is 1.42. The summed E-state index contributed by atoms with van der Waals surface area (Å²) >= 11 is 4.02. The normalized spacial score (nSPS) is 12.7. The fraction of sp³-hybridized carbons (Fsp3) is 0.200. The average Bonchev–Trinajstić information content (AvgIpc) is 2.83. The van der Waals surface area contributed by atoms with E-state index in [0.717, 1.165) is 11.7 Å². The average molecular weight is 320 g/mol. The van der Waals surface area contributed by atoms with E-state index < -0.39 is 17.7 Å². The van der Waals surface area contributed by atoms with Crippen molar-refractivity contribution < 1.29 is 8.78 Å². The molecule has 2 rings (SSSR count). The first-order valence-electron chi connectivity index (χ1n) is 4.75. The first kappa shape index (κ1) is 12.5. The van der Waals surface area contributed by atoms with Crippen LogP contribution in [-0.4, -0.2) is 8.75 Å². The van der Waals surface area contributed by atoms with Gasteiger partial charge in [-0.3, -0.25) is 0 Å². The maximum atomic E-state index is 13.7. The van der Waals surface area contributed by atoms with Crippen LogP contribution >= 0.6 is 27.7 Å². The second-order valence-corrected chi connectivity index (χ2v) is 4.88. The van der Waals surface area contributed by atoms with Crippen LogP contribution in [0.2, 0.25) is 0 Å². The fourth-order valence-corrected chi connectivity index (χ4v) is 2.27. The van der Waals surface area contributed by atoms with Gasteiger partial charge in [0.05, 0.1) is 34.1 Å². The van der Waals surface area contributed by atoms with Crippen LogP contribution in [0, 0.1) is 11.6 Å². The van der Waals surface area contributed by atoms with Crippen LogP contribution in [0.3, 0.4) is 0 Å². The molecule has 1 aromatic carbocycles. The summed E-state index contributed by atoms with van der Waals surface area (Å²) in [4.78, 5) is 0. The largest absolute Gasteiger partial charge is 0.322 e. The molecule has 2 aromatic rings. The van der Waals surface area contributed by atoms with Crippen molar-refractivity contribution in [3.8, 4) is 0 Å². The molecular formula is C10H8BrF2N3S. The van der Waals surface area contributed by atoms with Crippen LogP contribution in [0.25, 0.3) is 0 Å². The molecule has 2 N–H and O–H groups in total. The third-order valence-electron chi connectivity index (χ3n) is 2.32. The molecule has 1 heterocycles. The molecule has 0 amide bonds. The molecule has 0 aliphatic carbocycles. The van der Waals surface area contributed by atoms with Crippen molar-refractivity contribution in [2.45, 2.75) is 12.5 Å². The zero-order valence-electron chi connectivity index (χ0n) is 8.53. The third-order valence-corrected chi connectivity index (χ3v) is 3.43. The number of halogens is 3. The maximum Gasteiger partial charge on any atom is 0.143 e. The molecule has 0 fully saturated rings. The highest BCUT2D eigenvalue weighted by atomic mass is 79.9. The Hall–Kier alpha value is -0.920.